The topological polar surface area (TPSA) is 72.9 Å². The van der Waals surface area contributed by atoms with Crippen LogP contribution in [0.3, 0.4) is 0 Å². The number of ether oxygens (including phenoxy) is 1. The van der Waals surface area contributed by atoms with E-state index in [0.29, 0.717) is 5.02 Å². The number of alkyl halides is 3. The molecule has 0 N–H and O–H groups in total. The Balaban J connectivity index is 2.13. The molecule has 152 valence electrons. The minimum absolute atomic E-state index is 0.0857. The highest BCUT2D eigenvalue weighted by Gasteiger charge is 2.44. The average molecular weight is 430 g/mol. The Morgan fingerprint density at radius 3 is 2.52 bits per heavy atom. The second-order valence-electron chi connectivity index (χ2n) is 6.11. The highest BCUT2D eigenvalue weighted by molar-refractivity contribution is 7.91. The van der Waals surface area contributed by atoms with Crippen LogP contribution in [0.4, 0.5) is 13.2 Å². The van der Waals surface area contributed by atoms with Crippen LogP contribution in [0.25, 0.3) is 0 Å². The van der Waals surface area contributed by atoms with Crippen LogP contribution in [0.15, 0.2) is 24.3 Å². The van der Waals surface area contributed by atoms with Crippen molar-refractivity contribution >= 4 is 27.4 Å². The van der Waals surface area contributed by atoms with E-state index in [9.17, 15) is 26.4 Å². The van der Waals surface area contributed by atoms with Gasteiger partial charge in [0.25, 0.3) is 0 Å². The van der Waals surface area contributed by atoms with E-state index < -0.39 is 34.1 Å². The summed E-state index contributed by atoms with van der Waals surface area (Å²) in [5.41, 5.74) is 0.751. The molecule has 0 bridgehead atoms. The fourth-order valence-corrected chi connectivity index (χ4v) is 3.69. The van der Waals surface area contributed by atoms with E-state index in [1.54, 1.807) is 24.3 Å². The fourth-order valence-electron chi connectivity index (χ4n) is 2.56. The lowest BCUT2D eigenvalue weighted by molar-refractivity contribution is -0.265. The average Bonchev–Trinajstić information content (AvgIpc) is 2.58. The van der Waals surface area contributed by atoms with Crippen molar-refractivity contribution in [2.24, 2.45) is 0 Å². The summed E-state index contributed by atoms with van der Waals surface area (Å²) in [6.45, 7) is 1.10. The molecule has 1 aliphatic rings. The minimum atomic E-state index is -5.16. The molecular formula is C16H19ClF3NO5S. The first-order chi connectivity index (χ1) is 12.5. The molecular weight excluding hydrogens is 411 g/mol. The number of morpholine rings is 1. The predicted octanol–water partition coefficient (Wildman–Crippen LogP) is 2.41. The molecule has 2 rings (SSSR count). The normalized spacial score (nSPS) is 21.8. The number of hydrogen-bond acceptors (Lipinski definition) is 6. The first-order valence-electron chi connectivity index (χ1n) is 8.12. The lowest BCUT2D eigenvalue weighted by Gasteiger charge is -2.37. The lowest BCUT2D eigenvalue weighted by atomic mass is 10.0. The summed E-state index contributed by atoms with van der Waals surface area (Å²) in [7, 11) is -3.41. The summed E-state index contributed by atoms with van der Waals surface area (Å²) in [5, 5.41) is 1.37. The van der Waals surface area contributed by atoms with Crippen LogP contribution in [0.1, 0.15) is 12.5 Å². The SMILES string of the molecule is CCS(=O)(=O)C[C@H]1CN(OC(=O)C(F)(F)F)[C@@H](Cc2ccc(Cl)cc2)CO1. The minimum Gasteiger partial charge on any atom is -0.374 e. The maximum Gasteiger partial charge on any atom is 0.492 e. The molecule has 0 spiro atoms. The number of hydrogen-bond donors (Lipinski definition) is 0. The standard InChI is InChI=1S/C16H19ClF3NO5S/c1-2-27(23,24)10-14-8-21(26-15(22)16(18,19)20)13(9-25-14)7-11-3-5-12(17)6-4-11/h3-6,13-14H,2,7-10H2,1H3/t13-,14+/m0/s1. The quantitative estimate of drug-likeness (QED) is 0.691. The smallest absolute Gasteiger partial charge is 0.374 e. The largest absolute Gasteiger partial charge is 0.492 e. The van der Waals surface area contributed by atoms with Crippen molar-refractivity contribution in [3.05, 3.63) is 34.9 Å². The molecule has 0 amide bonds. The van der Waals surface area contributed by atoms with Crippen molar-refractivity contribution < 1.29 is 36.0 Å². The molecule has 1 aromatic rings. The van der Waals surface area contributed by atoms with Crippen LogP contribution < -0.4 is 0 Å². The molecule has 0 aromatic heterocycles. The Bertz CT molecular complexity index is 754. The van der Waals surface area contributed by atoms with Crippen molar-refractivity contribution in [3.8, 4) is 0 Å². The van der Waals surface area contributed by atoms with E-state index in [2.05, 4.69) is 4.84 Å². The summed E-state index contributed by atoms with van der Waals surface area (Å²) in [6, 6.07) is 5.95. The molecule has 6 nitrogen and oxygen atoms in total. The molecule has 0 unspecified atom stereocenters. The number of carbonyl (C=O) groups excluding carboxylic acids is 1. The van der Waals surface area contributed by atoms with Crippen LogP contribution in [-0.4, -0.2) is 62.4 Å². The van der Waals surface area contributed by atoms with Gasteiger partial charge in [0.1, 0.15) is 0 Å². The summed E-state index contributed by atoms with van der Waals surface area (Å²) in [4.78, 5) is 15.8. The molecule has 0 saturated carbocycles. The number of benzene rings is 1. The van der Waals surface area contributed by atoms with Crippen LogP contribution in [-0.2, 0) is 30.6 Å². The maximum absolute atomic E-state index is 12.6. The van der Waals surface area contributed by atoms with Crippen molar-refractivity contribution in [1.82, 2.24) is 5.06 Å². The van der Waals surface area contributed by atoms with E-state index in [1.165, 1.54) is 6.92 Å². The number of sulfone groups is 1. The van der Waals surface area contributed by atoms with Gasteiger partial charge in [-0.2, -0.15) is 13.2 Å². The number of nitrogens with zero attached hydrogens (tertiary/aromatic N) is 1. The number of rotatable bonds is 6. The van der Waals surface area contributed by atoms with E-state index in [-0.39, 0.29) is 31.1 Å². The van der Waals surface area contributed by atoms with Gasteiger partial charge in [0.15, 0.2) is 9.84 Å². The van der Waals surface area contributed by atoms with E-state index >= 15 is 0 Å². The van der Waals surface area contributed by atoms with Crippen LogP contribution in [0.5, 0.6) is 0 Å². The van der Waals surface area contributed by atoms with Gasteiger partial charge in [-0.25, -0.2) is 13.2 Å². The van der Waals surface area contributed by atoms with Crippen LogP contribution in [0, 0.1) is 0 Å². The Labute approximate surface area is 160 Å². The lowest BCUT2D eigenvalue weighted by Crippen LogP contribution is -2.54. The van der Waals surface area contributed by atoms with Gasteiger partial charge in [0.2, 0.25) is 0 Å². The maximum atomic E-state index is 12.6. The molecule has 1 heterocycles. The molecule has 0 aliphatic carbocycles. The molecule has 27 heavy (non-hydrogen) atoms. The van der Waals surface area contributed by atoms with Crippen molar-refractivity contribution in [2.75, 3.05) is 24.7 Å². The van der Waals surface area contributed by atoms with Gasteiger partial charge < -0.3 is 9.57 Å². The Hall–Kier alpha value is -1.36. The zero-order valence-electron chi connectivity index (χ0n) is 14.4. The highest BCUT2D eigenvalue weighted by Crippen LogP contribution is 2.23. The van der Waals surface area contributed by atoms with Crippen molar-refractivity contribution in [2.45, 2.75) is 31.7 Å². The Morgan fingerprint density at radius 2 is 1.96 bits per heavy atom. The molecule has 1 aliphatic heterocycles. The highest BCUT2D eigenvalue weighted by atomic mass is 35.5. The predicted molar refractivity (Wildman–Crippen MR) is 91.9 cm³/mol. The second-order valence-corrected chi connectivity index (χ2v) is 8.95. The molecule has 0 radical (unpaired) electrons. The van der Waals surface area contributed by atoms with Gasteiger partial charge in [0, 0.05) is 10.8 Å². The molecule has 1 fully saturated rings. The van der Waals surface area contributed by atoms with Gasteiger partial charge in [-0.05, 0) is 24.1 Å². The monoisotopic (exact) mass is 429 g/mol. The molecule has 2 atom stereocenters. The summed E-state index contributed by atoms with van der Waals surface area (Å²) < 4.78 is 66.8. The van der Waals surface area contributed by atoms with Crippen molar-refractivity contribution in [3.63, 3.8) is 0 Å². The molecule has 1 aromatic carbocycles. The number of carbonyl (C=O) groups is 1. The van der Waals surface area contributed by atoms with Gasteiger partial charge >= 0.3 is 12.1 Å². The first kappa shape index (κ1) is 21.9. The van der Waals surface area contributed by atoms with Crippen LogP contribution in [0.2, 0.25) is 5.02 Å². The molecule has 11 heteroatoms. The van der Waals surface area contributed by atoms with Gasteiger partial charge in [0.05, 0.1) is 31.1 Å². The second kappa shape index (κ2) is 8.76. The number of hydroxylamine groups is 2. The van der Waals surface area contributed by atoms with Gasteiger partial charge in [-0.1, -0.05) is 30.7 Å². The summed E-state index contributed by atoms with van der Waals surface area (Å²) in [5.74, 6) is -2.84. The molecule has 1 saturated heterocycles. The zero-order valence-corrected chi connectivity index (χ0v) is 16.0. The third kappa shape index (κ3) is 6.63. The van der Waals surface area contributed by atoms with Gasteiger partial charge in [-0.3, -0.25) is 0 Å². The first-order valence-corrected chi connectivity index (χ1v) is 10.3. The Kier molecular flexibility index (Phi) is 7.12. The third-order valence-corrected chi connectivity index (χ3v) is 6.02. The van der Waals surface area contributed by atoms with Crippen LogP contribution >= 0.6 is 11.6 Å². The van der Waals surface area contributed by atoms with Crippen molar-refractivity contribution in [1.29, 1.82) is 0 Å². The van der Waals surface area contributed by atoms with E-state index in [4.69, 9.17) is 16.3 Å². The number of halogens is 4. The van der Waals surface area contributed by atoms with E-state index in [0.717, 1.165) is 10.6 Å². The Morgan fingerprint density at radius 1 is 1.33 bits per heavy atom. The van der Waals surface area contributed by atoms with Gasteiger partial charge in [-0.15, -0.1) is 5.06 Å². The third-order valence-electron chi connectivity index (χ3n) is 4.01. The summed E-state index contributed by atoms with van der Waals surface area (Å²) >= 11 is 5.81. The van der Waals surface area contributed by atoms with E-state index in [1.807, 2.05) is 0 Å². The zero-order chi connectivity index (χ0) is 20.2. The summed E-state index contributed by atoms with van der Waals surface area (Å²) in [6.07, 6.45) is -5.82. The fraction of sp³-hybridized carbons (Fsp3) is 0.562.